The molecule has 0 unspecified atom stereocenters. The molecule has 8 heteroatoms. The number of aromatic nitrogens is 3. The van der Waals surface area contributed by atoms with E-state index in [0.29, 0.717) is 0 Å². The Bertz CT molecular complexity index is 1430. The van der Waals surface area contributed by atoms with E-state index in [1.54, 1.807) is 6.20 Å². The van der Waals surface area contributed by atoms with Crippen molar-refractivity contribution in [3.8, 4) is 0 Å². The molecule has 0 fully saturated rings. The molecule has 0 spiro atoms. The Kier molecular flexibility index (Phi) is 9.50. The molecule has 0 saturated carbocycles. The Balaban J connectivity index is 0.000000177. The van der Waals surface area contributed by atoms with Crippen molar-refractivity contribution in [3.63, 3.8) is 0 Å². The lowest BCUT2D eigenvalue weighted by Gasteiger charge is -2.11. The number of rotatable bonds is 5. The van der Waals surface area contributed by atoms with Crippen LogP contribution in [0, 0.1) is 6.92 Å². The number of likely N-dealkylation sites (N-methyl/N-ethyl adjacent to an activating group) is 1. The van der Waals surface area contributed by atoms with Crippen molar-refractivity contribution in [2.45, 2.75) is 6.92 Å². The smallest absolute Gasteiger partial charge is 0.133 e. The highest BCUT2D eigenvalue weighted by Gasteiger charge is 2.21. The van der Waals surface area contributed by atoms with Gasteiger partial charge in [0.2, 0.25) is 0 Å². The van der Waals surface area contributed by atoms with Crippen molar-refractivity contribution in [1.29, 1.82) is 0 Å². The van der Waals surface area contributed by atoms with Crippen LogP contribution in [0.25, 0.3) is 5.57 Å². The summed E-state index contributed by atoms with van der Waals surface area (Å²) in [6.45, 7) is 4.47. The third-order valence-electron chi connectivity index (χ3n) is 6.02. The van der Waals surface area contributed by atoms with Gasteiger partial charge in [-0.25, -0.2) is 0 Å². The van der Waals surface area contributed by atoms with Crippen LogP contribution in [-0.4, -0.2) is 59.1 Å². The lowest BCUT2D eigenvalue weighted by atomic mass is 9.99. The number of hydrogen-bond acceptors (Lipinski definition) is 5. The molecule has 196 valence electrons. The van der Waals surface area contributed by atoms with Gasteiger partial charge in [0.15, 0.2) is 0 Å². The van der Waals surface area contributed by atoms with Gasteiger partial charge in [-0.05, 0) is 62.5 Å². The Morgan fingerprint density at radius 3 is 2.58 bits per heavy atom. The van der Waals surface area contributed by atoms with E-state index >= 15 is 0 Å². The van der Waals surface area contributed by atoms with Gasteiger partial charge in [-0.1, -0.05) is 63.9 Å². The normalized spacial score (nSPS) is 13.1. The van der Waals surface area contributed by atoms with Crippen LogP contribution in [0.4, 0.5) is 5.82 Å². The molecule has 38 heavy (non-hydrogen) atoms. The molecule has 0 radical (unpaired) electrons. The van der Waals surface area contributed by atoms with Crippen molar-refractivity contribution in [2.24, 2.45) is 12.0 Å². The summed E-state index contributed by atoms with van der Waals surface area (Å²) < 4.78 is 2.96. The molecule has 2 aromatic heterocycles. The van der Waals surface area contributed by atoms with Crippen LogP contribution in [0.2, 0.25) is 5.02 Å². The van der Waals surface area contributed by atoms with Crippen LogP contribution in [0.15, 0.2) is 88.6 Å². The van der Waals surface area contributed by atoms with E-state index in [-0.39, 0.29) is 0 Å². The number of halogens is 2. The molecule has 6 nitrogen and oxygen atoms in total. The van der Waals surface area contributed by atoms with Gasteiger partial charge in [0.05, 0.1) is 23.5 Å². The van der Waals surface area contributed by atoms with Crippen LogP contribution in [0.5, 0.6) is 0 Å². The number of nitrogens with zero attached hydrogens (tertiary/aromatic N) is 5. The number of benzene rings is 2. The number of hydrogen-bond donors (Lipinski definition) is 1. The highest BCUT2D eigenvalue weighted by Crippen LogP contribution is 2.26. The summed E-state index contributed by atoms with van der Waals surface area (Å²) in [5.41, 5.74) is 7.62. The summed E-state index contributed by atoms with van der Waals surface area (Å²) in [6, 6.07) is 20.2. The van der Waals surface area contributed by atoms with Gasteiger partial charge < -0.3 is 10.2 Å². The molecule has 1 aliphatic heterocycles. The van der Waals surface area contributed by atoms with Crippen molar-refractivity contribution in [3.05, 3.63) is 117 Å². The van der Waals surface area contributed by atoms with Crippen molar-refractivity contribution < 1.29 is 0 Å². The van der Waals surface area contributed by atoms with Gasteiger partial charge >= 0.3 is 0 Å². The average Bonchev–Trinajstić information content (AvgIpc) is 3.06. The third-order valence-corrected chi connectivity index (χ3v) is 6.78. The monoisotopic (exact) mass is 590 g/mol. The zero-order valence-corrected chi connectivity index (χ0v) is 24.5. The molecule has 0 aliphatic carbocycles. The first-order valence-corrected chi connectivity index (χ1v) is 13.6. The quantitative estimate of drug-likeness (QED) is 0.289. The topological polar surface area (TPSA) is 58.3 Å². The Labute approximate surface area is 238 Å². The Hall–Kier alpha value is -3.26. The molecule has 2 aromatic carbocycles. The van der Waals surface area contributed by atoms with Crippen LogP contribution in [0.3, 0.4) is 0 Å². The first-order valence-electron chi connectivity index (χ1n) is 12.4. The average molecular weight is 592 g/mol. The summed E-state index contributed by atoms with van der Waals surface area (Å²) in [5, 5.41) is 8.58. The van der Waals surface area contributed by atoms with Gasteiger partial charge in [-0.3, -0.25) is 14.7 Å². The van der Waals surface area contributed by atoms with Gasteiger partial charge in [0, 0.05) is 53.2 Å². The molecular weight excluding hydrogens is 560 g/mol. The minimum absolute atomic E-state index is 0.723. The van der Waals surface area contributed by atoms with Crippen LogP contribution >= 0.6 is 27.5 Å². The fourth-order valence-electron chi connectivity index (χ4n) is 4.26. The van der Waals surface area contributed by atoms with Gasteiger partial charge in [0.1, 0.15) is 5.82 Å². The van der Waals surface area contributed by atoms with Gasteiger partial charge in [-0.2, -0.15) is 5.10 Å². The maximum absolute atomic E-state index is 6.09. The van der Waals surface area contributed by atoms with E-state index in [0.717, 1.165) is 63.0 Å². The second-order valence-electron chi connectivity index (χ2n) is 9.23. The number of aryl methyl sites for hydroxylation is 2. The van der Waals surface area contributed by atoms with Crippen molar-refractivity contribution in [2.75, 3.05) is 39.0 Å². The fraction of sp³-hybridized carbons (Fsp3) is 0.233. The van der Waals surface area contributed by atoms with Crippen LogP contribution in [-0.2, 0) is 7.05 Å². The summed E-state index contributed by atoms with van der Waals surface area (Å²) in [7, 11) is 6.08. The minimum Gasteiger partial charge on any atom is -0.368 e. The highest BCUT2D eigenvalue weighted by molar-refractivity contribution is 9.10. The van der Waals surface area contributed by atoms with E-state index in [9.17, 15) is 0 Å². The minimum atomic E-state index is 0.723. The van der Waals surface area contributed by atoms with E-state index in [1.165, 1.54) is 11.1 Å². The molecular formula is C30H32BrClN6. The summed E-state index contributed by atoms with van der Waals surface area (Å²) >= 11 is 9.56. The Morgan fingerprint density at radius 1 is 1.11 bits per heavy atom. The first kappa shape index (κ1) is 27.8. The Morgan fingerprint density at radius 2 is 1.89 bits per heavy atom. The highest BCUT2D eigenvalue weighted by atomic mass is 79.9. The van der Waals surface area contributed by atoms with Crippen molar-refractivity contribution in [1.82, 2.24) is 19.7 Å². The van der Waals surface area contributed by atoms with E-state index in [1.807, 2.05) is 55.2 Å². The van der Waals surface area contributed by atoms with Crippen LogP contribution in [0.1, 0.15) is 27.9 Å². The second-order valence-corrected chi connectivity index (χ2v) is 10.6. The molecule has 5 rings (SSSR count). The van der Waals surface area contributed by atoms with E-state index < -0.39 is 0 Å². The molecule has 0 saturated heterocycles. The lowest BCUT2D eigenvalue weighted by Crippen LogP contribution is -2.11. The van der Waals surface area contributed by atoms with Crippen molar-refractivity contribution >= 4 is 44.6 Å². The maximum Gasteiger partial charge on any atom is 0.133 e. The SMILES string of the molecule is CN(C)C/C=C(/c1ccc(Br)cc1)c1cccnc1.Cc1nn(C)c2c1C(c1cccc(Cl)c1)=NCCN2. The zero-order chi connectivity index (χ0) is 27.1. The molecule has 3 heterocycles. The first-order chi connectivity index (χ1) is 18.3. The summed E-state index contributed by atoms with van der Waals surface area (Å²) in [5.74, 6) is 1.02. The zero-order valence-electron chi connectivity index (χ0n) is 22.1. The number of pyridine rings is 1. The lowest BCUT2D eigenvalue weighted by molar-refractivity contribution is 0.457. The predicted octanol–water partition coefficient (Wildman–Crippen LogP) is 6.48. The molecule has 1 N–H and O–H groups in total. The third kappa shape index (κ3) is 6.98. The van der Waals surface area contributed by atoms with E-state index in [2.05, 4.69) is 86.7 Å². The molecule has 0 bridgehead atoms. The standard InChI is InChI=1S/C16H17BrN2.C14H15ClN4/c1-19(2)11-9-16(14-4-3-10-18-12-14)13-5-7-15(17)8-6-13;1-9-12-13(10-4-3-5-11(15)8-10)16-6-7-17-14(12)19(2)18-9/h3-10,12H,11H2,1-2H3;3-5,8,17H,6-7H2,1-2H3/b16-9-;. The summed E-state index contributed by atoms with van der Waals surface area (Å²) in [6.07, 6.45) is 5.94. The largest absolute Gasteiger partial charge is 0.368 e. The van der Waals surface area contributed by atoms with E-state index in [4.69, 9.17) is 16.6 Å². The molecule has 1 aliphatic rings. The fourth-order valence-corrected chi connectivity index (χ4v) is 4.72. The molecule has 0 amide bonds. The van der Waals surface area contributed by atoms with Gasteiger partial charge in [-0.15, -0.1) is 0 Å². The molecule has 0 atom stereocenters. The second kappa shape index (κ2) is 13.0. The summed E-state index contributed by atoms with van der Waals surface area (Å²) in [4.78, 5) is 11.1. The number of aliphatic imine (C=N–C) groups is 1. The number of nitrogens with one attached hydrogen (secondary N) is 1. The number of fused-ring (bicyclic) bond motifs is 1. The number of anilines is 1. The predicted molar refractivity (Wildman–Crippen MR) is 162 cm³/mol. The van der Waals surface area contributed by atoms with Crippen LogP contribution < -0.4 is 5.32 Å². The van der Waals surface area contributed by atoms with Gasteiger partial charge in [0.25, 0.3) is 0 Å². The molecule has 4 aromatic rings. The maximum atomic E-state index is 6.09.